The first-order valence-corrected chi connectivity index (χ1v) is 6.86. The topological polar surface area (TPSA) is 98.7 Å². The normalized spacial score (nSPS) is 12.1. The van der Waals surface area contributed by atoms with E-state index in [4.69, 9.17) is 10.2 Å². The quantitative estimate of drug-likeness (QED) is 0.676. The first kappa shape index (κ1) is 14.3. The van der Waals surface area contributed by atoms with Crippen molar-refractivity contribution < 1.29 is 19.8 Å². The van der Waals surface area contributed by atoms with Gasteiger partial charge in [-0.2, -0.15) is 0 Å². The molecule has 0 spiro atoms. The van der Waals surface area contributed by atoms with Crippen LogP contribution in [-0.4, -0.2) is 34.9 Å². The highest BCUT2D eigenvalue weighted by Gasteiger charge is 2.19. The minimum absolute atomic E-state index is 0.0354. The zero-order chi connectivity index (χ0) is 14.5. The second kappa shape index (κ2) is 6.36. The molecule has 20 heavy (non-hydrogen) atoms. The molecule has 1 aromatic heterocycles. The highest BCUT2D eigenvalue weighted by Crippen LogP contribution is 2.23. The van der Waals surface area contributed by atoms with Crippen molar-refractivity contribution in [3.8, 4) is 0 Å². The van der Waals surface area contributed by atoms with Gasteiger partial charge in [-0.05, 0) is 35.0 Å². The number of amides is 2. The molecule has 6 nitrogen and oxygen atoms in total. The van der Waals surface area contributed by atoms with Crippen molar-refractivity contribution in [2.24, 2.45) is 0 Å². The van der Waals surface area contributed by atoms with Crippen LogP contribution in [0.2, 0.25) is 0 Å². The molecule has 2 amide bonds. The Labute approximate surface area is 119 Å². The molecule has 7 heteroatoms. The maximum Gasteiger partial charge on any atom is 0.326 e. The molecule has 2 aromatic rings. The Morgan fingerprint density at radius 1 is 1.30 bits per heavy atom. The first-order valence-electron chi connectivity index (χ1n) is 5.98. The summed E-state index contributed by atoms with van der Waals surface area (Å²) in [6, 6.07) is 5.67. The SMILES string of the molecule is O=C(Nc1ccc2sccc2c1)N[C@H](CCO)C(=O)O. The third kappa shape index (κ3) is 3.46. The third-order valence-electron chi connectivity index (χ3n) is 2.73. The number of aliphatic carboxylic acids is 1. The molecule has 2 rings (SSSR count). The Morgan fingerprint density at radius 3 is 2.80 bits per heavy atom. The van der Waals surface area contributed by atoms with Gasteiger partial charge in [-0.15, -0.1) is 11.3 Å². The minimum Gasteiger partial charge on any atom is -0.480 e. The molecular formula is C13H14N2O4S. The zero-order valence-electron chi connectivity index (χ0n) is 10.5. The van der Waals surface area contributed by atoms with E-state index in [0.29, 0.717) is 5.69 Å². The van der Waals surface area contributed by atoms with Gasteiger partial charge in [-0.1, -0.05) is 0 Å². The zero-order valence-corrected chi connectivity index (χ0v) is 11.3. The lowest BCUT2D eigenvalue weighted by molar-refractivity contribution is -0.139. The van der Waals surface area contributed by atoms with Gasteiger partial charge >= 0.3 is 12.0 Å². The second-order valence-corrected chi connectivity index (χ2v) is 5.12. The van der Waals surface area contributed by atoms with Gasteiger partial charge in [0.05, 0.1) is 0 Å². The summed E-state index contributed by atoms with van der Waals surface area (Å²) in [5.74, 6) is -1.18. The standard InChI is InChI=1S/C13H14N2O4S/c16-5-3-10(12(17)18)15-13(19)14-9-1-2-11-8(7-9)4-6-20-11/h1-2,4,6-7,10,16H,3,5H2,(H,17,18)(H2,14,15,19)/t10-/m1/s1. The number of benzene rings is 1. The maximum atomic E-state index is 11.7. The molecule has 0 fully saturated rings. The van der Waals surface area contributed by atoms with Crippen LogP contribution in [0, 0.1) is 0 Å². The van der Waals surface area contributed by atoms with Gasteiger partial charge < -0.3 is 20.8 Å². The van der Waals surface area contributed by atoms with Crippen LogP contribution >= 0.6 is 11.3 Å². The Morgan fingerprint density at radius 2 is 2.10 bits per heavy atom. The largest absolute Gasteiger partial charge is 0.480 e. The summed E-state index contributed by atoms with van der Waals surface area (Å²) < 4.78 is 1.11. The van der Waals surface area contributed by atoms with E-state index in [-0.39, 0.29) is 13.0 Å². The van der Waals surface area contributed by atoms with Crippen LogP contribution in [0.25, 0.3) is 10.1 Å². The molecule has 106 valence electrons. The number of urea groups is 1. The summed E-state index contributed by atoms with van der Waals surface area (Å²) in [6.07, 6.45) is -0.0354. The lowest BCUT2D eigenvalue weighted by Gasteiger charge is -2.14. The van der Waals surface area contributed by atoms with Crippen LogP contribution in [0.1, 0.15) is 6.42 Å². The molecule has 0 saturated carbocycles. The summed E-state index contributed by atoms with van der Waals surface area (Å²) in [5.41, 5.74) is 0.585. The highest BCUT2D eigenvalue weighted by atomic mass is 32.1. The van der Waals surface area contributed by atoms with Gasteiger partial charge in [0.2, 0.25) is 0 Å². The predicted molar refractivity (Wildman–Crippen MR) is 77.1 cm³/mol. The van der Waals surface area contributed by atoms with Gasteiger partial charge in [0, 0.05) is 23.4 Å². The number of hydrogen-bond acceptors (Lipinski definition) is 4. The average Bonchev–Trinajstić information content (AvgIpc) is 2.85. The van der Waals surface area contributed by atoms with Gasteiger partial charge in [0.15, 0.2) is 0 Å². The Balaban J connectivity index is 2.01. The van der Waals surface area contributed by atoms with Crippen LogP contribution in [0.3, 0.4) is 0 Å². The summed E-state index contributed by atoms with van der Waals surface area (Å²) in [4.78, 5) is 22.6. The van der Waals surface area contributed by atoms with Crippen LogP contribution in [0.5, 0.6) is 0 Å². The minimum atomic E-state index is -1.18. The van der Waals surface area contributed by atoms with Gasteiger partial charge in [-0.25, -0.2) is 9.59 Å². The van der Waals surface area contributed by atoms with E-state index in [1.807, 2.05) is 23.6 Å². The molecular weight excluding hydrogens is 280 g/mol. The highest BCUT2D eigenvalue weighted by molar-refractivity contribution is 7.17. The monoisotopic (exact) mass is 294 g/mol. The lowest BCUT2D eigenvalue weighted by atomic mass is 10.2. The molecule has 1 aromatic carbocycles. The fourth-order valence-electron chi connectivity index (χ4n) is 1.76. The summed E-state index contributed by atoms with van der Waals surface area (Å²) in [6.45, 7) is -0.307. The maximum absolute atomic E-state index is 11.7. The molecule has 4 N–H and O–H groups in total. The molecule has 0 bridgehead atoms. The molecule has 0 aliphatic rings. The smallest absolute Gasteiger partial charge is 0.326 e. The number of rotatable bonds is 5. The number of thiophene rings is 1. The number of nitrogens with one attached hydrogen (secondary N) is 2. The number of carbonyl (C=O) groups is 2. The number of anilines is 1. The van der Waals surface area contributed by atoms with Crippen LogP contribution in [0.15, 0.2) is 29.6 Å². The van der Waals surface area contributed by atoms with E-state index in [1.54, 1.807) is 17.4 Å². The number of carbonyl (C=O) groups excluding carboxylic acids is 1. The molecule has 1 atom stereocenters. The third-order valence-corrected chi connectivity index (χ3v) is 3.63. The van der Waals surface area contributed by atoms with Crippen molar-refractivity contribution in [3.05, 3.63) is 29.6 Å². The fraction of sp³-hybridized carbons (Fsp3) is 0.231. The molecule has 0 saturated heterocycles. The number of aliphatic hydroxyl groups is 1. The van der Waals surface area contributed by atoms with Crippen LogP contribution in [-0.2, 0) is 4.79 Å². The molecule has 0 aliphatic heterocycles. The molecule has 1 heterocycles. The van der Waals surface area contributed by atoms with E-state index in [9.17, 15) is 9.59 Å². The average molecular weight is 294 g/mol. The second-order valence-electron chi connectivity index (χ2n) is 4.17. The Kier molecular flexibility index (Phi) is 4.54. The van der Waals surface area contributed by atoms with Crippen LogP contribution < -0.4 is 10.6 Å². The van der Waals surface area contributed by atoms with E-state index >= 15 is 0 Å². The van der Waals surface area contributed by atoms with Crippen molar-refractivity contribution in [1.82, 2.24) is 5.32 Å². The molecule has 0 aliphatic carbocycles. The Bertz CT molecular complexity index is 626. The predicted octanol–water partition coefficient (Wildman–Crippen LogP) is 1.86. The van der Waals surface area contributed by atoms with Gasteiger partial charge in [0.25, 0.3) is 0 Å². The van der Waals surface area contributed by atoms with E-state index in [2.05, 4.69) is 10.6 Å². The van der Waals surface area contributed by atoms with Gasteiger partial charge in [0.1, 0.15) is 6.04 Å². The first-order chi connectivity index (χ1) is 9.60. The van der Waals surface area contributed by atoms with E-state index in [1.165, 1.54) is 0 Å². The lowest BCUT2D eigenvalue weighted by Crippen LogP contribution is -2.43. The summed E-state index contributed by atoms with van der Waals surface area (Å²) in [7, 11) is 0. The summed E-state index contributed by atoms with van der Waals surface area (Å²) in [5, 5.41) is 25.5. The number of carboxylic acid groups (broad SMARTS) is 1. The van der Waals surface area contributed by atoms with Crippen molar-refractivity contribution >= 4 is 39.1 Å². The fourth-order valence-corrected chi connectivity index (χ4v) is 2.53. The van der Waals surface area contributed by atoms with E-state index in [0.717, 1.165) is 10.1 Å². The van der Waals surface area contributed by atoms with Crippen molar-refractivity contribution in [1.29, 1.82) is 0 Å². The van der Waals surface area contributed by atoms with Crippen molar-refractivity contribution in [3.63, 3.8) is 0 Å². The summed E-state index contributed by atoms with van der Waals surface area (Å²) >= 11 is 1.60. The van der Waals surface area contributed by atoms with Crippen molar-refractivity contribution in [2.45, 2.75) is 12.5 Å². The number of carboxylic acids is 1. The van der Waals surface area contributed by atoms with E-state index < -0.39 is 18.0 Å². The van der Waals surface area contributed by atoms with Crippen LogP contribution in [0.4, 0.5) is 10.5 Å². The van der Waals surface area contributed by atoms with Gasteiger partial charge in [-0.3, -0.25) is 0 Å². The number of fused-ring (bicyclic) bond motifs is 1. The Hall–Kier alpha value is -2.12. The molecule has 0 radical (unpaired) electrons. The number of aliphatic hydroxyl groups excluding tert-OH is 1. The van der Waals surface area contributed by atoms with Crippen molar-refractivity contribution in [2.75, 3.05) is 11.9 Å². The molecule has 0 unspecified atom stereocenters. The number of hydrogen-bond donors (Lipinski definition) is 4.